The van der Waals surface area contributed by atoms with Gasteiger partial charge in [0.15, 0.2) is 22.6 Å². The van der Waals surface area contributed by atoms with E-state index in [1.165, 1.54) is 91.2 Å². The summed E-state index contributed by atoms with van der Waals surface area (Å²) in [4.78, 5) is 129. The number of rotatable bonds is 12. The van der Waals surface area contributed by atoms with Gasteiger partial charge >= 0.3 is 42.8 Å². The molecule has 12 aromatic rings. The van der Waals surface area contributed by atoms with E-state index in [4.69, 9.17) is 9.47 Å². The van der Waals surface area contributed by atoms with Gasteiger partial charge in [0.2, 0.25) is 0 Å². The van der Waals surface area contributed by atoms with Crippen molar-refractivity contribution in [2.24, 2.45) is 17.3 Å². The molecule has 0 radical (unpaired) electrons. The number of ether oxygens (including phenoxy) is 2. The Kier molecular flexibility index (Phi) is 29.7. The molecule has 17 rings (SSSR count). The number of halogens is 16. The number of urea groups is 1. The smallest absolute Gasteiger partial charge is 0.420 e. The van der Waals surface area contributed by atoms with Crippen LogP contribution in [0.25, 0.3) is 67.6 Å². The van der Waals surface area contributed by atoms with Gasteiger partial charge in [0.05, 0.1) is 67.2 Å². The van der Waals surface area contributed by atoms with E-state index in [9.17, 15) is 114 Å². The van der Waals surface area contributed by atoms with E-state index < -0.39 is 146 Å². The van der Waals surface area contributed by atoms with Crippen molar-refractivity contribution < 1.29 is 123 Å². The van der Waals surface area contributed by atoms with Gasteiger partial charge in [-0.2, -0.15) is 73.1 Å². The number of nitrogens with zero attached hydrogens (tertiary/aromatic N) is 20. The van der Waals surface area contributed by atoms with Gasteiger partial charge in [-0.05, 0) is 172 Å². The zero-order valence-electron chi connectivity index (χ0n) is 75.2. The zero-order valence-corrected chi connectivity index (χ0v) is 75.2. The maximum atomic E-state index is 13.8. The number of hydrogen-bond acceptors (Lipinski definition) is 19. The molecule has 5 aliphatic heterocycles. The van der Waals surface area contributed by atoms with Crippen LogP contribution in [0, 0.1) is 40.5 Å². The number of methoxy groups -OCH3 is 1. The van der Waals surface area contributed by atoms with E-state index in [1.54, 1.807) is 11.8 Å². The van der Waals surface area contributed by atoms with Crippen molar-refractivity contribution >= 4 is 70.2 Å². The SMILES string of the molecule is CC(C)(C)C[C@@H](O)C(=O)N1CCN(C(=O)c2cn3nc(-c4ccc(F)cc4)cc(C(F)(F)F)c3n2)CC1.CCOC(=O)N1CCN(C(=O)c2cn3nc(-c4ccc(F)cc4)cc(C(F)(F)F)c3n2)CC1.COC(=O)[C@@H]1C[C@@H](C)CN(C(=O)c2cn3nc(-c4ccc(F)cc4)cc(C(F)(F)F)c3n2)C1.O=C(c1cn2nc(-c3ccc(F)cc3)cc(C(F)(F)F)c2n1)N1CCN(C(=O)N2CCCCC2)CC1. The lowest BCUT2D eigenvalue weighted by Gasteiger charge is -2.38. The average molecular weight is 1960 g/mol. The third-order valence-corrected chi connectivity index (χ3v) is 23.4. The Labute approximate surface area is 780 Å². The van der Waals surface area contributed by atoms with Crippen LogP contribution in [0.5, 0.6) is 0 Å². The second kappa shape index (κ2) is 41.1. The number of benzene rings is 4. The van der Waals surface area contributed by atoms with E-state index in [2.05, 4.69) is 40.3 Å². The van der Waals surface area contributed by atoms with Gasteiger partial charge in [-0.15, -0.1) is 0 Å². The van der Waals surface area contributed by atoms with Gasteiger partial charge in [-0.1, -0.05) is 27.7 Å². The third-order valence-electron chi connectivity index (χ3n) is 23.4. The number of carbonyl (C=O) groups excluding carboxylic acids is 8. The Morgan fingerprint density at radius 3 is 0.957 bits per heavy atom. The Bertz CT molecular complexity index is 6530. The summed E-state index contributed by atoms with van der Waals surface area (Å²) < 4.78 is 232. The van der Waals surface area contributed by atoms with Crippen molar-refractivity contribution in [2.45, 2.75) is 97.5 Å². The lowest BCUT2D eigenvalue weighted by atomic mass is 9.89. The van der Waals surface area contributed by atoms with Crippen LogP contribution in [0.1, 0.15) is 131 Å². The van der Waals surface area contributed by atoms with Gasteiger partial charge in [-0.3, -0.25) is 28.8 Å². The van der Waals surface area contributed by atoms with Crippen LogP contribution in [-0.4, -0.2) is 275 Å². The predicted molar refractivity (Wildman–Crippen MR) is 464 cm³/mol. The predicted octanol–water partition coefficient (Wildman–Crippen LogP) is 14.8. The molecule has 0 aliphatic carbocycles. The maximum Gasteiger partial charge on any atom is 0.420 e. The second-order valence-corrected chi connectivity index (χ2v) is 34.6. The molecular weight excluding hydrogens is 1870 g/mol. The molecule has 8 aromatic heterocycles. The highest BCUT2D eigenvalue weighted by atomic mass is 19.4. The van der Waals surface area contributed by atoms with Crippen LogP contribution in [0.15, 0.2) is 146 Å². The van der Waals surface area contributed by atoms with Crippen molar-refractivity contribution in [3.63, 3.8) is 0 Å². The minimum atomic E-state index is -4.77. The normalized spacial score (nSPS) is 16.6. The van der Waals surface area contributed by atoms with Crippen molar-refractivity contribution in [3.8, 4) is 45.0 Å². The summed E-state index contributed by atoms with van der Waals surface area (Å²) >= 11 is 0. The molecule has 139 heavy (non-hydrogen) atoms. The zero-order chi connectivity index (χ0) is 100. The number of aliphatic hydroxyl groups excluding tert-OH is 1. The fourth-order valence-corrected chi connectivity index (χ4v) is 16.4. The van der Waals surface area contributed by atoms with Gasteiger partial charge in [-0.25, -0.2) is 65.1 Å². The number of carbonyl (C=O) groups is 8. The molecule has 13 heterocycles. The largest absolute Gasteiger partial charge is 0.469 e. The van der Waals surface area contributed by atoms with Crippen LogP contribution in [-0.2, 0) is 43.8 Å². The molecule has 47 heteroatoms. The molecule has 3 atom stereocenters. The summed E-state index contributed by atoms with van der Waals surface area (Å²) in [7, 11) is 1.26. The quantitative estimate of drug-likeness (QED) is 0.0877. The summed E-state index contributed by atoms with van der Waals surface area (Å²) in [6.07, 6.45) is -12.2. The summed E-state index contributed by atoms with van der Waals surface area (Å²) in [5, 5.41) is 26.9. The lowest BCUT2D eigenvalue weighted by molar-refractivity contribution is -0.147. The average Bonchev–Trinajstić information content (AvgIpc) is 1.63. The second-order valence-electron chi connectivity index (χ2n) is 34.6. The number of aromatic nitrogens is 12. The highest BCUT2D eigenvalue weighted by Crippen LogP contribution is 2.41. The van der Waals surface area contributed by atoms with Crippen LogP contribution >= 0.6 is 0 Å². The standard InChI is InChI=1S/C25H27F4N5O3.C24H24F4N6O2.C22H20F4N4O3.C21H19F4N5O3/c1-24(2,3)13-20(35)23(37)33-10-8-32(9-11-33)22(36)19-14-34-21(30-19)17(25(27,28)29)12-18(31-34)15-4-6-16(26)7-5-15;25-17-6-4-16(5-7-17)19-14-18(24(26,27)28)21-29-20(15-34(21)30-19)22(35)31-10-12-33(13-11-31)23(36)32-8-2-1-3-9-32;1-12-7-14(21(32)33-2)10-29(9-12)20(31)18-11-30-19(27-18)16(22(24,25)26)8-17(28-30)13-3-5-15(23)6-4-13;1-2-33-20(32)29-9-7-28(8-10-29)19(31)17-12-30-18(26-17)15(21(23,24)25)11-16(27-30)13-3-5-14(22)6-4-13/h4-7,12,14,20,35H,8-11,13H2,1-3H3;4-7,14-15H,1-3,8-13H2;3-6,8,11-12,14H,7,9-10H2,1-2H3;3-6,11-12H,2,7-10H2,1H3/t20-;;12-,14-;/m1.1./s1. The van der Waals surface area contributed by atoms with Crippen molar-refractivity contribution in [2.75, 3.05) is 118 Å². The number of imidazole rings is 4. The van der Waals surface area contributed by atoms with Gasteiger partial charge in [0.25, 0.3) is 29.5 Å². The van der Waals surface area contributed by atoms with Crippen LogP contribution in [0.2, 0.25) is 0 Å². The minimum Gasteiger partial charge on any atom is -0.469 e. The molecule has 1 N–H and O–H groups in total. The Morgan fingerprint density at radius 2 is 0.669 bits per heavy atom. The number of piperazine rings is 3. The Morgan fingerprint density at radius 1 is 0.388 bits per heavy atom. The first-order chi connectivity index (χ1) is 65.7. The first-order valence-electron chi connectivity index (χ1n) is 43.8. The molecule has 5 fully saturated rings. The van der Waals surface area contributed by atoms with Crippen LogP contribution in [0.3, 0.4) is 0 Å². The fourth-order valence-electron chi connectivity index (χ4n) is 16.4. The molecule has 5 aliphatic rings. The molecular formula is C92H90F16N20O11. The number of alkyl halides is 12. The first-order valence-corrected chi connectivity index (χ1v) is 43.8. The molecule has 0 bridgehead atoms. The number of fused-ring (bicyclic) bond motifs is 4. The van der Waals surface area contributed by atoms with E-state index in [0.29, 0.717) is 38.0 Å². The molecule has 8 amide bonds. The molecule has 0 spiro atoms. The summed E-state index contributed by atoms with van der Waals surface area (Å²) in [5.41, 5.74) is -6.44. The highest BCUT2D eigenvalue weighted by Gasteiger charge is 2.43. The van der Waals surface area contributed by atoms with Crippen molar-refractivity contribution in [3.05, 3.63) is 214 Å². The topological polar surface area (TPSA) is 322 Å². The molecule has 4 aromatic carbocycles. The maximum absolute atomic E-state index is 13.8. The van der Waals surface area contributed by atoms with E-state index in [-0.39, 0.29) is 158 Å². The number of aliphatic hydroxyl groups is 1. The number of likely N-dealkylation sites (tertiary alicyclic amines) is 2. The molecule has 736 valence electrons. The van der Waals surface area contributed by atoms with E-state index >= 15 is 0 Å². The number of amides is 8. The minimum absolute atomic E-state index is 0.00206. The Hall–Kier alpha value is -14.4. The van der Waals surface area contributed by atoms with E-state index in [0.717, 1.165) is 142 Å². The first kappa shape index (κ1) is 100. The van der Waals surface area contributed by atoms with Gasteiger partial charge < -0.3 is 53.8 Å². The Balaban J connectivity index is 0.000000148. The number of hydrogen-bond donors (Lipinski definition) is 1. The lowest BCUT2D eigenvalue weighted by Crippen LogP contribution is -2.54. The summed E-state index contributed by atoms with van der Waals surface area (Å²) in [6.45, 7) is 14.1. The summed E-state index contributed by atoms with van der Waals surface area (Å²) in [6, 6.07) is 22.8. The molecule has 0 unspecified atom stereocenters. The third kappa shape index (κ3) is 23.7. The number of piperidine rings is 2. The van der Waals surface area contributed by atoms with Gasteiger partial charge in [0, 0.05) is 127 Å². The molecule has 5 saturated heterocycles. The molecule has 31 nitrogen and oxygen atoms in total. The fraction of sp³-hybridized carbons (Fsp3) is 0.391. The highest BCUT2D eigenvalue weighted by molar-refractivity contribution is 5.96. The monoisotopic (exact) mass is 1950 g/mol. The van der Waals surface area contributed by atoms with Crippen LogP contribution < -0.4 is 0 Å². The van der Waals surface area contributed by atoms with Gasteiger partial charge in [0.1, 0.15) is 74.4 Å². The number of esters is 1. The van der Waals surface area contributed by atoms with Crippen molar-refractivity contribution in [1.29, 1.82) is 0 Å². The van der Waals surface area contributed by atoms with E-state index in [1.807, 2.05) is 32.6 Å². The van der Waals surface area contributed by atoms with Crippen molar-refractivity contribution in [1.82, 2.24) is 97.6 Å². The molecule has 0 saturated carbocycles. The van der Waals surface area contributed by atoms with Crippen LogP contribution in [0.4, 0.5) is 79.8 Å². The summed E-state index contributed by atoms with van der Waals surface area (Å²) in [5.74, 6) is -5.80.